The summed E-state index contributed by atoms with van der Waals surface area (Å²) in [4.78, 5) is 10.0. The van der Waals surface area contributed by atoms with Crippen LogP contribution in [-0.4, -0.2) is 31.3 Å². The van der Waals surface area contributed by atoms with Gasteiger partial charge in [0.15, 0.2) is 0 Å². The number of ether oxygens (including phenoxy) is 1. The van der Waals surface area contributed by atoms with Gasteiger partial charge in [0.05, 0.1) is 16.7 Å². The summed E-state index contributed by atoms with van der Waals surface area (Å²) in [6.07, 6.45) is -0.0259. The molecule has 10 heteroatoms. The Bertz CT molecular complexity index is 755. The zero-order valence-electron chi connectivity index (χ0n) is 11.2. The summed E-state index contributed by atoms with van der Waals surface area (Å²) in [5.74, 6) is -1.51. The maximum atomic E-state index is 12.4. The van der Waals surface area contributed by atoms with Gasteiger partial charge in [-0.1, -0.05) is 18.2 Å². The third-order valence-electron chi connectivity index (χ3n) is 2.63. The van der Waals surface area contributed by atoms with Gasteiger partial charge in [0.2, 0.25) is 0 Å². The molecular formula is C12H12N2O7S. The molecule has 118 valence electrons. The third kappa shape index (κ3) is 3.34. The number of rotatable bonds is 7. The lowest BCUT2D eigenvalue weighted by Gasteiger charge is -2.02. The van der Waals surface area contributed by atoms with Crippen LogP contribution >= 0.6 is 0 Å². The number of benzene rings is 1. The van der Waals surface area contributed by atoms with Gasteiger partial charge in [-0.2, -0.15) is 0 Å². The molecule has 0 aliphatic carbocycles. The summed E-state index contributed by atoms with van der Waals surface area (Å²) in [6, 6.07) is 7.26. The van der Waals surface area contributed by atoms with Crippen molar-refractivity contribution in [1.82, 2.24) is 5.16 Å². The lowest BCUT2D eigenvalue weighted by atomic mass is 10.3. The van der Waals surface area contributed by atoms with E-state index in [4.69, 9.17) is 9.84 Å². The molecule has 0 unspecified atom stereocenters. The molecule has 0 aliphatic rings. The Balaban J connectivity index is 2.24. The molecule has 0 fully saturated rings. The quantitative estimate of drug-likeness (QED) is 0.569. The number of sulfone groups is 1. The van der Waals surface area contributed by atoms with Crippen molar-refractivity contribution in [2.75, 3.05) is 6.61 Å². The highest BCUT2D eigenvalue weighted by atomic mass is 32.2. The smallest absolute Gasteiger partial charge is 0.414 e. The molecule has 1 heterocycles. The van der Waals surface area contributed by atoms with Crippen LogP contribution in [0.2, 0.25) is 0 Å². The molecule has 0 radical (unpaired) electrons. The number of carboxylic acids is 1. The van der Waals surface area contributed by atoms with Gasteiger partial charge in [-0.05, 0) is 23.5 Å². The van der Waals surface area contributed by atoms with Crippen molar-refractivity contribution in [2.24, 2.45) is 0 Å². The molecule has 0 bridgehead atoms. The van der Waals surface area contributed by atoms with Crippen molar-refractivity contribution >= 4 is 15.8 Å². The minimum atomic E-state index is -4.16. The predicted molar refractivity (Wildman–Crippen MR) is 69.7 cm³/mol. The minimum Gasteiger partial charge on any atom is -0.481 e. The Labute approximate surface area is 125 Å². The number of carbonyl (C=O) groups is 1. The standard InChI is InChI=1S/C12H12N2O7S/c15-10(16)7-4-8-20-11-12(14(17)21-13-11)22(18,19)9-5-2-1-3-6-9/h1-3,5-6H,4,7-8H2,(H,15,16). The molecule has 2 rings (SSSR count). The highest BCUT2D eigenvalue weighted by Gasteiger charge is 2.35. The lowest BCUT2D eigenvalue weighted by Crippen LogP contribution is -2.31. The first-order valence-corrected chi connectivity index (χ1v) is 7.65. The molecule has 0 atom stereocenters. The monoisotopic (exact) mass is 328 g/mol. The Hall–Kier alpha value is -2.62. The van der Waals surface area contributed by atoms with Gasteiger partial charge in [0, 0.05) is 6.42 Å². The second kappa shape index (κ2) is 6.43. The molecule has 0 saturated carbocycles. The summed E-state index contributed by atoms with van der Waals surface area (Å²) in [5.41, 5.74) is 0. The van der Waals surface area contributed by atoms with E-state index < -0.39 is 26.7 Å². The van der Waals surface area contributed by atoms with Crippen LogP contribution in [-0.2, 0) is 14.6 Å². The van der Waals surface area contributed by atoms with E-state index in [0.717, 1.165) is 0 Å². The predicted octanol–water partition coefficient (Wildman–Crippen LogP) is 0.384. The van der Waals surface area contributed by atoms with Crippen molar-refractivity contribution in [3.63, 3.8) is 0 Å². The molecule has 9 nitrogen and oxygen atoms in total. The molecule has 1 N–H and O–H groups in total. The Morgan fingerprint density at radius 2 is 2.05 bits per heavy atom. The minimum absolute atomic E-state index is 0.113. The molecule has 2 aromatic rings. The average molecular weight is 328 g/mol. The summed E-state index contributed by atoms with van der Waals surface area (Å²) < 4.78 is 34.1. The van der Waals surface area contributed by atoms with Crippen molar-refractivity contribution < 1.29 is 32.6 Å². The second-order valence-corrected chi connectivity index (χ2v) is 6.07. The SMILES string of the molecule is O=C(O)CCCOc1no[n+]([O-])c1S(=O)(=O)c1ccccc1. The van der Waals surface area contributed by atoms with Crippen LogP contribution < -0.4 is 9.64 Å². The van der Waals surface area contributed by atoms with Gasteiger partial charge in [-0.15, -0.1) is 0 Å². The largest absolute Gasteiger partial charge is 0.481 e. The normalized spacial score (nSPS) is 11.3. The molecule has 1 aromatic heterocycles. The van der Waals surface area contributed by atoms with E-state index in [1.807, 2.05) is 0 Å². The fourth-order valence-corrected chi connectivity index (χ4v) is 2.93. The third-order valence-corrected chi connectivity index (χ3v) is 4.35. The van der Waals surface area contributed by atoms with Crippen LogP contribution in [0, 0.1) is 5.21 Å². The van der Waals surface area contributed by atoms with Crippen LogP contribution in [0.3, 0.4) is 0 Å². The maximum Gasteiger partial charge on any atom is 0.414 e. The van der Waals surface area contributed by atoms with Gasteiger partial charge in [-0.3, -0.25) is 9.42 Å². The van der Waals surface area contributed by atoms with Gasteiger partial charge in [0.25, 0.3) is 9.84 Å². The molecule has 0 amide bonds. The number of aliphatic carboxylic acids is 1. The van der Waals surface area contributed by atoms with E-state index in [1.165, 1.54) is 24.3 Å². The fraction of sp³-hybridized carbons (Fsp3) is 0.250. The first-order chi connectivity index (χ1) is 10.4. The molecule has 0 saturated heterocycles. The fourth-order valence-electron chi connectivity index (χ4n) is 1.63. The second-order valence-electron chi connectivity index (χ2n) is 4.20. The maximum absolute atomic E-state index is 12.4. The molecule has 0 spiro atoms. The first-order valence-electron chi connectivity index (χ1n) is 6.17. The van der Waals surface area contributed by atoms with Crippen LogP contribution in [0.5, 0.6) is 5.88 Å². The van der Waals surface area contributed by atoms with Crippen LogP contribution in [0.4, 0.5) is 0 Å². The number of hydrogen-bond donors (Lipinski definition) is 1. The van der Waals surface area contributed by atoms with E-state index in [2.05, 4.69) is 9.79 Å². The summed E-state index contributed by atoms with van der Waals surface area (Å²) in [6.45, 7) is -0.115. The van der Waals surface area contributed by atoms with E-state index in [9.17, 15) is 18.4 Å². The van der Waals surface area contributed by atoms with Crippen LogP contribution in [0.15, 0.2) is 44.9 Å². The van der Waals surface area contributed by atoms with Crippen LogP contribution in [0.25, 0.3) is 0 Å². The number of carboxylic acid groups (broad SMARTS) is 1. The highest BCUT2D eigenvalue weighted by Crippen LogP contribution is 2.24. The summed E-state index contributed by atoms with van der Waals surface area (Å²) >= 11 is 0. The zero-order chi connectivity index (χ0) is 16.2. The molecule has 1 aromatic carbocycles. The Morgan fingerprint density at radius 1 is 1.36 bits per heavy atom. The molecule has 0 aliphatic heterocycles. The van der Waals surface area contributed by atoms with Gasteiger partial charge < -0.3 is 15.1 Å². The average Bonchev–Trinajstić information content (AvgIpc) is 2.86. The Kier molecular flexibility index (Phi) is 4.61. The molecule has 22 heavy (non-hydrogen) atoms. The first kappa shape index (κ1) is 15.8. The van der Waals surface area contributed by atoms with E-state index in [0.29, 0.717) is 0 Å². The van der Waals surface area contributed by atoms with Gasteiger partial charge >= 0.3 is 16.9 Å². The lowest BCUT2D eigenvalue weighted by molar-refractivity contribution is -0.832. The van der Waals surface area contributed by atoms with Crippen molar-refractivity contribution in [3.05, 3.63) is 35.5 Å². The topological polar surface area (TPSA) is 134 Å². The van der Waals surface area contributed by atoms with E-state index in [-0.39, 0.29) is 29.2 Å². The zero-order valence-corrected chi connectivity index (χ0v) is 12.0. The van der Waals surface area contributed by atoms with Gasteiger partial charge in [-0.25, -0.2) is 8.42 Å². The number of hydrogen-bond acceptors (Lipinski definition) is 7. The van der Waals surface area contributed by atoms with Crippen molar-refractivity contribution in [1.29, 1.82) is 0 Å². The van der Waals surface area contributed by atoms with Gasteiger partial charge in [0.1, 0.15) is 0 Å². The van der Waals surface area contributed by atoms with E-state index >= 15 is 0 Å². The van der Waals surface area contributed by atoms with Crippen molar-refractivity contribution in [2.45, 2.75) is 22.8 Å². The van der Waals surface area contributed by atoms with E-state index in [1.54, 1.807) is 6.07 Å². The Morgan fingerprint density at radius 3 is 2.68 bits per heavy atom. The summed E-state index contributed by atoms with van der Waals surface area (Å²) in [5, 5.41) is 22.5. The number of nitrogens with zero attached hydrogens (tertiary/aromatic N) is 2. The van der Waals surface area contributed by atoms with Crippen molar-refractivity contribution in [3.8, 4) is 5.88 Å². The molecular weight excluding hydrogens is 316 g/mol. The van der Waals surface area contributed by atoms with Crippen LogP contribution in [0.1, 0.15) is 12.8 Å². The summed E-state index contributed by atoms with van der Waals surface area (Å²) in [7, 11) is -4.16. The highest BCUT2D eigenvalue weighted by molar-refractivity contribution is 7.91. The number of aromatic nitrogens is 2.